The van der Waals surface area contributed by atoms with Gasteiger partial charge in [0, 0.05) is 6.20 Å². The summed E-state index contributed by atoms with van der Waals surface area (Å²) < 4.78 is 4.62. The molecule has 0 atom stereocenters. The van der Waals surface area contributed by atoms with E-state index in [9.17, 15) is 4.79 Å². The van der Waals surface area contributed by atoms with Crippen molar-refractivity contribution < 1.29 is 9.53 Å². The van der Waals surface area contributed by atoms with Gasteiger partial charge in [-0.2, -0.15) is 0 Å². The van der Waals surface area contributed by atoms with Crippen LogP contribution in [0.25, 0.3) is 11.4 Å². The molecule has 5 heteroatoms. The highest BCUT2D eigenvalue weighted by atomic mass is 16.5. The molecule has 5 nitrogen and oxygen atoms in total. The fourth-order valence-corrected chi connectivity index (χ4v) is 1.22. The van der Waals surface area contributed by atoms with Gasteiger partial charge < -0.3 is 9.72 Å². The third kappa shape index (κ3) is 1.85. The molecule has 2 aromatic rings. The molecular formula is C10H9N3O2. The monoisotopic (exact) mass is 203 g/mol. The summed E-state index contributed by atoms with van der Waals surface area (Å²) in [5, 5.41) is 0. The Morgan fingerprint density at radius 1 is 1.53 bits per heavy atom. The number of imidazole rings is 1. The van der Waals surface area contributed by atoms with E-state index in [1.54, 1.807) is 30.9 Å². The number of rotatable bonds is 2. The molecule has 0 spiro atoms. The van der Waals surface area contributed by atoms with Crippen molar-refractivity contribution in [2.75, 3.05) is 7.11 Å². The average molecular weight is 203 g/mol. The molecule has 0 aliphatic carbocycles. The number of hydrogen-bond donors (Lipinski definition) is 1. The van der Waals surface area contributed by atoms with Crippen molar-refractivity contribution in [3.63, 3.8) is 0 Å². The third-order valence-corrected chi connectivity index (χ3v) is 1.96. The molecule has 2 rings (SSSR count). The minimum atomic E-state index is -0.377. The number of aromatic amines is 1. The van der Waals surface area contributed by atoms with E-state index < -0.39 is 0 Å². The second-order valence-electron chi connectivity index (χ2n) is 2.89. The Kier molecular flexibility index (Phi) is 2.45. The normalized spacial score (nSPS) is 9.93. The fraction of sp³-hybridized carbons (Fsp3) is 0.100. The quantitative estimate of drug-likeness (QED) is 0.746. The number of aromatic nitrogens is 3. The first-order chi connectivity index (χ1) is 7.31. The zero-order valence-electron chi connectivity index (χ0n) is 8.10. The van der Waals surface area contributed by atoms with Gasteiger partial charge in [-0.25, -0.2) is 9.78 Å². The van der Waals surface area contributed by atoms with Gasteiger partial charge in [0.15, 0.2) is 0 Å². The molecule has 0 radical (unpaired) electrons. The van der Waals surface area contributed by atoms with Crippen LogP contribution in [-0.4, -0.2) is 28.0 Å². The SMILES string of the molecule is COC(=O)c1ccnc(-c2cnc[nH]2)c1. The van der Waals surface area contributed by atoms with Crippen LogP contribution < -0.4 is 0 Å². The van der Waals surface area contributed by atoms with Crippen molar-refractivity contribution in [2.24, 2.45) is 0 Å². The highest BCUT2D eigenvalue weighted by Gasteiger charge is 2.07. The number of carbonyl (C=O) groups excluding carboxylic acids is 1. The lowest BCUT2D eigenvalue weighted by atomic mass is 10.2. The molecule has 0 bridgehead atoms. The Morgan fingerprint density at radius 2 is 2.40 bits per heavy atom. The van der Waals surface area contributed by atoms with Gasteiger partial charge in [-0.3, -0.25) is 4.98 Å². The Bertz CT molecular complexity index is 465. The third-order valence-electron chi connectivity index (χ3n) is 1.96. The number of pyridine rings is 1. The van der Waals surface area contributed by atoms with Crippen LogP contribution in [0.4, 0.5) is 0 Å². The highest BCUT2D eigenvalue weighted by molar-refractivity contribution is 5.90. The van der Waals surface area contributed by atoms with Gasteiger partial charge in [-0.1, -0.05) is 0 Å². The van der Waals surface area contributed by atoms with Crippen molar-refractivity contribution in [1.29, 1.82) is 0 Å². The van der Waals surface area contributed by atoms with Crippen molar-refractivity contribution in [1.82, 2.24) is 15.0 Å². The molecule has 0 saturated carbocycles. The number of hydrogen-bond acceptors (Lipinski definition) is 4. The molecule has 2 aromatic heterocycles. The van der Waals surface area contributed by atoms with Gasteiger partial charge in [0.25, 0.3) is 0 Å². The Morgan fingerprint density at radius 3 is 3.07 bits per heavy atom. The van der Waals surface area contributed by atoms with E-state index in [1.165, 1.54) is 7.11 Å². The van der Waals surface area contributed by atoms with E-state index in [0.29, 0.717) is 11.3 Å². The smallest absolute Gasteiger partial charge is 0.337 e. The van der Waals surface area contributed by atoms with Crippen LogP contribution in [-0.2, 0) is 4.74 Å². The molecule has 1 N–H and O–H groups in total. The first kappa shape index (κ1) is 9.39. The van der Waals surface area contributed by atoms with E-state index in [4.69, 9.17) is 0 Å². The van der Waals surface area contributed by atoms with E-state index in [1.807, 2.05) is 0 Å². The van der Waals surface area contributed by atoms with Gasteiger partial charge in [0.2, 0.25) is 0 Å². The summed E-state index contributed by atoms with van der Waals surface area (Å²) in [5.74, 6) is -0.377. The number of esters is 1. The van der Waals surface area contributed by atoms with E-state index >= 15 is 0 Å². The molecule has 15 heavy (non-hydrogen) atoms. The standard InChI is InChI=1S/C10H9N3O2/c1-15-10(14)7-2-3-12-8(4-7)9-5-11-6-13-9/h2-6H,1H3,(H,11,13). The van der Waals surface area contributed by atoms with Crippen LogP contribution in [0.15, 0.2) is 30.9 Å². The maximum absolute atomic E-state index is 11.3. The summed E-state index contributed by atoms with van der Waals surface area (Å²) in [7, 11) is 1.35. The summed E-state index contributed by atoms with van der Waals surface area (Å²) in [6.45, 7) is 0. The zero-order valence-corrected chi connectivity index (χ0v) is 8.10. The summed E-state index contributed by atoms with van der Waals surface area (Å²) in [5.41, 5.74) is 1.90. The highest BCUT2D eigenvalue weighted by Crippen LogP contribution is 2.14. The Labute approximate surface area is 86.1 Å². The van der Waals surface area contributed by atoms with E-state index in [0.717, 1.165) is 5.69 Å². The fourth-order valence-electron chi connectivity index (χ4n) is 1.22. The van der Waals surface area contributed by atoms with Crippen molar-refractivity contribution in [3.05, 3.63) is 36.4 Å². The average Bonchev–Trinajstić information content (AvgIpc) is 2.82. The maximum Gasteiger partial charge on any atom is 0.337 e. The van der Waals surface area contributed by atoms with Gasteiger partial charge >= 0.3 is 5.97 Å². The molecule has 0 unspecified atom stereocenters. The van der Waals surface area contributed by atoms with Gasteiger partial charge in [0.1, 0.15) is 0 Å². The lowest BCUT2D eigenvalue weighted by Crippen LogP contribution is -2.01. The van der Waals surface area contributed by atoms with Crippen LogP contribution in [0.1, 0.15) is 10.4 Å². The van der Waals surface area contributed by atoms with Gasteiger partial charge in [-0.15, -0.1) is 0 Å². The number of methoxy groups -OCH3 is 1. The number of nitrogens with one attached hydrogen (secondary N) is 1. The maximum atomic E-state index is 11.3. The van der Waals surface area contributed by atoms with Gasteiger partial charge in [-0.05, 0) is 12.1 Å². The number of ether oxygens (including phenoxy) is 1. The van der Waals surface area contributed by atoms with Crippen LogP contribution in [0.2, 0.25) is 0 Å². The summed E-state index contributed by atoms with van der Waals surface area (Å²) in [4.78, 5) is 22.2. The predicted molar refractivity (Wildman–Crippen MR) is 53.2 cm³/mol. The number of H-pyrrole nitrogens is 1. The molecule has 0 saturated heterocycles. The first-order valence-electron chi connectivity index (χ1n) is 4.34. The predicted octanol–water partition coefficient (Wildman–Crippen LogP) is 1.26. The number of carbonyl (C=O) groups is 1. The van der Waals surface area contributed by atoms with Crippen LogP contribution in [0.5, 0.6) is 0 Å². The minimum Gasteiger partial charge on any atom is -0.465 e. The molecule has 0 aliphatic rings. The largest absolute Gasteiger partial charge is 0.465 e. The first-order valence-corrected chi connectivity index (χ1v) is 4.34. The summed E-state index contributed by atoms with van der Waals surface area (Å²) >= 11 is 0. The van der Waals surface area contributed by atoms with E-state index in [2.05, 4.69) is 19.7 Å². The van der Waals surface area contributed by atoms with Crippen LogP contribution in [0, 0.1) is 0 Å². The lowest BCUT2D eigenvalue weighted by Gasteiger charge is -2.00. The Hall–Kier alpha value is -2.17. The van der Waals surface area contributed by atoms with Crippen molar-refractivity contribution in [2.45, 2.75) is 0 Å². The lowest BCUT2D eigenvalue weighted by molar-refractivity contribution is 0.0600. The molecular weight excluding hydrogens is 194 g/mol. The Balaban J connectivity index is 2.39. The van der Waals surface area contributed by atoms with Crippen molar-refractivity contribution in [3.8, 4) is 11.4 Å². The van der Waals surface area contributed by atoms with E-state index in [-0.39, 0.29) is 5.97 Å². The minimum absolute atomic E-state index is 0.377. The second-order valence-corrected chi connectivity index (χ2v) is 2.89. The molecule has 2 heterocycles. The molecule has 76 valence electrons. The molecule has 0 amide bonds. The van der Waals surface area contributed by atoms with Crippen LogP contribution >= 0.6 is 0 Å². The summed E-state index contributed by atoms with van der Waals surface area (Å²) in [6.07, 6.45) is 4.76. The van der Waals surface area contributed by atoms with Gasteiger partial charge in [0.05, 0.1) is 36.6 Å². The van der Waals surface area contributed by atoms with Crippen molar-refractivity contribution >= 4 is 5.97 Å². The number of nitrogens with zero attached hydrogens (tertiary/aromatic N) is 2. The zero-order chi connectivity index (χ0) is 10.7. The molecule has 0 fully saturated rings. The topological polar surface area (TPSA) is 67.9 Å². The second kappa shape index (κ2) is 3.91. The van der Waals surface area contributed by atoms with Crippen LogP contribution in [0.3, 0.4) is 0 Å². The molecule has 0 aliphatic heterocycles. The summed E-state index contributed by atoms with van der Waals surface area (Å²) in [6, 6.07) is 3.26. The molecule has 0 aromatic carbocycles.